The Morgan fingerprint density at radius 1 is 0.423 bits per heavy atom. The van der Waals surface area contributed by atoms with Gasteiger partial charge in [0.2, 0.25) is 11.4 Å². The average molecular weight is 338 g/mol. The molecule has 0 amide bonds. The van der Waals surface area contributed by atoms with Crippen LogP contribution in [0.3, 0.4) is 0 Å². The molecule has 2 nitrogen and oxygen atoms in total. The van der Waals surface area contributed by atoms with Gasteiger partial charge in [-0.05, 0) is 24.0 Å². The second kappa shape index (κ2) is 7.75. The maximum Gasteiger partial charge on any atom is 0.210 e. The van der Waals surface area contributed by atoms with E-state index in [1.807, 2.05) is 12.1 Å². The summed E-state index contributed by atoms with van der Waals surface area (Å²) in [5.74, 6) is 0. The fraction of sp³-hybridized carbons (Fsp3) is 0.0833. The SMILES string of the molecule is c1ccc(-[n+]2ccc(CCc3cc[n+](-c4ccccc4)cc3)cc2)cc1. The average Bonchev–Trinajstić information content (AvgIpc) is 2.74. The fourth-order valence-electron chi connectivity index (χ4n) is 3.08. The second-order valence-corrected chi connectivity index (χ2v) is 6.40. The Bertz CT molecular complexity index is 861. The van der Waals surface area contributed by atoms with Gasteiger partial charge in [-0.1, -0.05) is 36.4 Å². The summed E-state index contributed by atoms with van der Waals surface area (Å²) < 4.78 is 4.30. The minimum atomic E-state index is 1.05. The highest BCUT2D eigenvalue weighted by atomic mass is 14.9. The number of para-hydroxylation sites is 2. The van der Waals surface area contributed by atoms with Crippen LogP contribution >= 0.6 is 0 Å². The Morgan fingerprint density at radius 3 is 1.12 bits per heavy atom. The van der Waals surface area contributed by atoms with E-state index < -0.39 is 0 Å². The first-order valence-electron chi connectivity index (χ1n) is 9.00. The maximum absolute atomic E-state index is 2.21. The molecule has 0 aliphatic carbocycles. The van der Waals surface area contributed by atoms with Crippen LogP contribution in [0.4, 0.5) is 0 Å². The van der Waals surface area contributed by atoms with Gasteiger partial charge in [0.25, 0.3) is 0 Å². The van der Waals surface area contributed by atoms with Gasteiger partial charge in [-0.2, -0.15) is 9.13 Å². The lowest BCUT2D eigenvalue weighted by Crippen LogP contribution is -2.29. The Labute approximate surface area is 154 Å². The molecule has 2 heterocycles. The Morgan fingerprint density at radius 2 is 0.769 bits per heavy atom. The highest BCUT2D eigenvalue weighted by Crippen LogP contribution is 2.07. The zero-order valence-electron chi connectivity index (χ0n) is 14.7. The summed E-state index contributed by atoms with van der Waals surface area (Å²) in [5, 5.41) is 0. The number of hydrogen-bond acceptors (Lipinski definition) is 0. The van der Waals surface area contributed by atoms with Crippen molar-refractivity contribution in [1.29, 1.82) is 0 Å². The van der Waals surface area contributed by atoms with Crippen molar-refractivity contribution in [2.24, 2.45) is 0 Å². The second-order valence-electron chi connectivity index (χ2n) is 6.40. The number of benzene rings is 2. The Kier molecular flexibility index (Phi) is 4.83. The normalized spacial score (nSPS) is 10.6. The summed E-state index contributed by atoms with van der Waals surface area (Å²) in [6.45, 7) is 0. The molecule has 0 aliphatic heterocycles. The number of pyridine rings is 2. The molecule has 0 atom stereocenters. The minimum Gasteiger partial charge on any atom is -0.167 e. The zero-order chi connectivity index (χ0) is 17.6. The Hall–Kier alpha value is -3.26. The molecule has 0 spiro atoms. The van der Waals surface area contributed by atoms with Crippen molar-refractivity contribution in [3.63, 3.8) is 0 Å². The van der Waals surface area contributed by atoms with Crippen LogP contribution in [0.2, 0.25) is 0 Å². The summed E-state index contributed by atoms with van der Waals surface area (Å²) >= 11 is 0. The third-order valence-electron chi connectivity index (χ3n) is 4.61. The van der Waals surface area contributed by atoms with Crippen LogP contribution in [0.25, 0.3) is 11.4 Å². The van der Waals surface area contributed by atoms with E-state index in [0.717, 1.165) is 12.8 Å². The van der Waals surface area contributed by atoms with Crippen LogP contribution in [0.15, 0.2) is 110 Å². The third-order valence-corrected chi connectivity index (χ3v) is 4.61. The van der Waals surface area contributed by atoms with Crippen LogP contribution in [-0.2, 0) is 12.8 Å². The first-order chi connectivity index (χ1) is 12.9. The lowest BCUT2D eigenvalue weighted by Gasteiger charge is -2.02. The summed E-state index contributed by atoms with van der Waals surface area (Å²) in [7, 11) is 0. The van der Waals surface area contributed by atoms with Gasteiger partial charge in [0.15, 0.2) is 24.8 Å². The first kappa shape index (κ1) is 16.2. The molecule has 26 heavy (non-hydrogen) atoms. The lowest BCUT2D eigenvalue weighted by molar-refractivity contribution is -0.596. The lowest BCUT2D eigenvalue weighted by atomic mass is 10.1. The van der Waals surface area contributed by atoms with E-state index >= 15 is 0 Å². The van der Waals surface area contributed by atoms with Crippen LogP contribution < -0.4 is 9.13 Å². The van der Waals surface area contributed by atoms with Gasteiger partial charge < -0.3 is 0 Å². The van der Waals surface area contributed by atoms with Gasteiger partial charge in [-0.25, -0.2) is 0 Å². The van der Waals surface area contributed by atoms with Crippen molar-refractivity contribution in [3.8, 4) is 11.4 Å². The summed E-state index contributed by atoms with van der Waals surface area (Å²) in [6.07, 6.45) is 10.6. The van der Waals surface area contributed by atoms with Crippen LogP contribution in [0, 0.1) is 0 Å². The van der Waals surface area contributed by atoms with Gasteiger partial charge >= 0.3 is 0 Å². The van der Waals surface area contributed by atoms with E-state index in [-0.39, 0.29) is 0 Å². The molecule has 2 aromatic carbocycles. The topological polar surface area (TPSA) is 7.76 Å². The molecule has 0 unspecified atom stereocenters. The smallest absolute Gasteiger partial charge is 0.167 e. The number of nitrogens with zero attached hydrogens (tertiary/aromatic N) is 2. The van der Waals surface area contributed by atoms with Crippen molar-refractivity contribution >= 4 is 0 Å². The molecule has 0 aliphatic rings. The molecule has 0 fully saturated rings. The highest BCUT2D eigenvalue weighted by Gasteiger charge is 2.06. The summed E-state index contributed by atoms with van der Waals surface area (Å²) in [6, 6.07) is 29.6. The van der Waals surface area contributed by atoms with Gasteiger partial charge in [-0.3, -0.25) is 0 Å². The molecular formula is C24H22N2+2. The molecule has 0 saturated carbocycles. The molecule has 0 N–H and O–H groups in total. The van der Waals surface area contributed by atoms with Crippen molar-refractivity contribution < 1.29 is 9.13 Å². The minimum absolute atomic E-state index is 1.05. The van der Waals surface area contributed by atoms with Crippen molar-refractivity contribution in [2.45, 2.75) is 12.8 Å². The fourth-order valence-corrected chi connectivity index (χ4v) is 3.08. The van der Waals surface area contributed by atoms with Crippen molar-refractivity contribution in [2.75, 3.05) is 0 Å². The summed E-state index contributed by atoms with van der Waals surface area (Å²) in [5.41, 5.74) is 5.09. The van der Waals surface area contributed by atoms with Crippen LogP contribution in [-0.4, -0.2) is 0 Å². The van der Waals surface area contributed by atoms with Gasteiger partial charge in [-0.15, -0.1) is 0 Å². The van der Waals surface area contributed by atoms with E-state index in [1.54, 1.807) is 0 Å². The standard InChI is InChI=1S/C24H22N2/c1-3-7-23(8-4-1)25-17-13-21(14-18-25)11-12-22-15-19-26(20-16-22)24-9-5-2-6-10-24/h1-10,13-20H,11-12H2/q+2. The van der Waals surface area contributed by atoms with Gasteiger partial charge in [0.05, 0.1) is 0 Å². The van der Waals surface area contributed by atoms with E-state index in [4.69, 9.17) is 0 Å². The molecule has 0 radical (unpaired) electrons. The number of aromatic nitrogens is 2. The molecule has 2 aromatic heterocycles. The van der Waals surface area contributed by atoms with Crippen molar-refractivity contribution in [1.82, 2.24) is 0 Å². The zero-order valence-corrected chi connectivity index (χ0v) is 14.7. The molecule has 4 aromatic rings. The van der Waals surface area contributed by atoms with E-state index in [9.17, 15) is 0 Å². The van der Waals surface area contributed by atoms with Gasteiger partial charge in [0, 0.05) is 48.5 Å². The van der Waals surface area contributed by atoms with Crippen molar-refractivity contribution in [3.05, 3.63) is 121 Å². The maximum atomic E-state index is 2.21. The van der Waals surface area contributed by atoms with Crippen LogP contribution in [0.5, 0.6) is 0 Å². The predicted molar refractivity (Wildman–Crippen MR) is 103 cm³/mol. The quantitative estimate of drug-likeness (QED) is 0.486. The molecule has 2 heteroatoms. The molecule has 4 rings (SSSR count). The molecule has 126 valence electrons. The predicted octanol–water partition coefficient (Wildman–Crippen LogP) is 4.03. The van der Waals surface area contributed by atoms with Gasteiger partial charge in [0.1, 0.15) is 0 Å². The van der Waals surface area contributed by atoms with Crippen LogP contribution in [0.1, 0.15) is 11.1 Å². The molecule has 0 bridgehead atoms. The Balaban J connectivity index is 1.40. The number of rotatable bonds is 5. The molecular weight excluding hydrogens is 316 g/mol. The molecule has 0 saturated heterocycles. The number of hydrogen-bond donors (Lipinski definition) is 0. The highest BCUT2D eigenvalue weighted by molar-refractivity contribution is 5.23. The largest absolute Gasteiger partial charge is 0.210 e. The van der Waals surface area contributed by atoms with E-state index in [1.165, 1.54) is 22.5 Å². The monoisotopic (exact) mass is 338 g/mol. The van der Waals surface area contributed by atoms with E-state index in [2.05, 4.69) is 107 Å². The third kappa shape index (κ3) is 3.86. The summed E-state index contributed by atoms with van der Waals surface area (Å²) in [4.78, 5) is 0. The first-order valence-corrected chi connectivity index (χ1v) is 9.00. The number of aryl methyl sites for hydroxylation is 2. The van der Waals surface area contributed by atoms with E-state index in [0.29, 0.717) is 0 Å².